The molecule has 1 rings (SSSR count). The fraction of sp³-hybridized carbons (Fsp3) is 0.846. The molecule has 1 aliphatic heterocycles. The first kappa shape index (κ1) is 15.0. The summed E-state index contributed by atoms with van der Waals surface area (Å²) in [6, 6.07) is -0.871. The molecule has 0 aromatic carbocycles. The minimum Gasteiger partial charge on any atom is -0.481 e. The van der Waals surface area contributed by atoms with Crippen LogP contribution < -0.4 is 0 Å². The van der Waals surface area contributed by atoms with Crippen LogP contribution >= 0.6 is 0 Å². The van der Waals surface area contributed by atoms with Crippen LogP contribution in [0.25, 0.3) is 0 Å². The summed E-state index contributed by atoms with van der Waals surface area (Å²) in [4.78, 5) is 23.6. The van der Waals surface area contributed by atoms with Gasteiger partial charge in [-0.2, -0.15) is 0 Å². The van der Waals surface area contributed by atoms with Gasteiger partial charge >= 0.3 is 11.9 Å². The van der Waals surface area contributed by atoms with Crippen LogP contribution in [0.3, 0.4) is 0 Å². The molecule has 0 spiro atoms. The van der Waals surface area contributed by atoms with Crippen molar-refractivity contribution in [3.8, 4) is 0 Å². The Bertz CT molecular complexity index is 302. The van der Waals surface area contributed by atoms with Gasteiger partial charge < -0.3 is 10.2 Å². The van der Waals surface area contributed by atoms with E-state index < -0.39 is 18.0 Å². The van der Waals surface area contributed by atoms with E-state index >= 15 is 0 Å². The van der Waals surface area contributed by atoms with Crippen molar-refractivity contribution in [1.29, 1.82) is 0 Å². The average molecular weight is 257 g/mol. The lowest BCUT2D eigenvalue weighted by Gasteiger charge is -2.52. The second kappa shape index (κ2) is 6.18. The molecular weight excluding hydrogens is 234 g/mol. The van der Waals surface area contributed by atoms with Crippen molar-refractivity contribution < 1.29 is 19.8 Å². The van der Waals surface area contributed by atoms with Crippen molar-refractivity contribution in [2.24, 2.45) is 5.41 Å². The van der Waals surface area contributed by atoms with Gasteiger partial charge in [0.2, 0.25) is 0 Å². The Kier molecular flexibility index (Phi) is 5.14. The molecule has 0 aliphatic carbocycles. The zero-order chi connectivity index (χ0) is 13.8. The first-order valence-corrected chi connectivity index (χ1v) is 6.63. The van der Waals surface area contributed by atoms with Crippen LogP contribution in [-0.4, -0.2) is 46.2 Å². The van der Waals surface area contributed by atoms with E-state index in [0.29, 0.717) is 0 Å². The molecule has 1 saturated heterocycles. The molecule has 1 heterocycles. The highest BCUT2D eigenvalue weighted by atomic mass is 16.4. The van der Waals surface area contributed by atoms with Gasteiger partial charge in [0.05, 0.1) is 6.42 Å². The summed E-state index contributed by atoms with van der Waals surface area (Å²) in [6.07, 6.45) is 4.05. The molecule has 0 saturated carbocycles. The summed E-state index contributed by atoms with van der Waals surface area (Å²) >= 11 is 0. The maximum atomic E-state index is 11.1. The molecule has 1 unspecified atom stereocenters. The van der Waals surface area contributed by atoms with Gasteiger partial charge in [-0.3, -0.25) is 14.5 Å². The van der Waals surface area contributed by atoms with Crippen LogP contribution in [0.15, 0.2) is 0 Å². The van der Waals surface area contributed by atoms with E-state index in [1.807, 2.05) is 0 Å². The molecule has 5 heteroatoms. The molecule has 0 aromatic heterocycles. The number of carboxylic acids is 2. The van der Waals surface area contributed by atoms with Gasteiger partial charge in [0.15, 0.2) is 0 Å². The SMILES string of the molecule is CCCC1(CCC)CN(C(CC(=O)O)C(=O)O)C1. The number of hydrogen-bond acceptors (Lipinski definition) is 3. The molecule has 1 aliphatic rings. The molecular formula is C13H23NO4. The zero-order valence-corrected chi connectivity index (χ0v) is 11.2. The van der Waals surface area contributed by atoms with Gasteiger partial charge in [-0.1, -0.05) is 26.7 Å². The Hall–Kier alpha value is -1.10. The molecule has 18 heavy (non-hydrogen) atoms. The van der Waals surface area contributed by atoms with E-state index in [2.05, 4.69) is 13.8 Å². The van der Waals surface area contributed by atoms with E-state index in [0.717, 1.165) is 38.8 Å². The second-order valence-electron chi connectivity index (χ2n) is 5.36. The molecule has 0 bridgehead atoms. The van der Waals surface area contributed by atoms with Crippen molar-refractivity contribution in [2.75, 3.05) is 13.1 Å². The van der Waals surface area contributed by atoms with E-state index in [-0.39, 0.29) is 11.8 Å². The van der Waals surface area contributed by atoms with Gasteiger partial charge in [-0.05, 0) is 18.3 Å². The van der Waals surface area contributed by atoms with Crippen LogP contribution in [0.1, 0.15) is 46.0 Å². The Morgan fingerprint density at radius 1 is 1.17 bits per heavy atom. The quantitative estimate of drug-likeness (QED) is 0.693. The minimum absolute atomic E-state index is 0.218. The summed E-state index contributed by atoms with van der Waals surface area (Å²) in [7, 11) is 0. The summed E-state index contributed by atoms with van der Waals surface area (Å²) in [5.41, 5.74) is 0.218. The lowest BCUT2D eigenvalue weighted by atomic mass is 9.72. The van der Waals surface area contributed by atoms with Gasteiger partial charge in [0.1, 0.15) is 6.04 Å². The van der Waals surface area contributed by atoms with Crippen molar-refractivity contribution in [3.63, 3.8) is 0 Å². The Labute approximate surface area is 108 Å². The Morgan fingerprint density at radius 2 is 1.67 bits per heavy atom. The largest absolute Gasteiger partial charge is 0.481 e. The lowest BCUT2D eigenvalue weighted by Crippen LogP contribution is -2.61. The number of likely N-dealkylation sites (tertiary alicyclic amines) is 1. The molecule has 0 radical (unpaired) electrons. The molecule has 104 valence electrons. The van der Waals surface area contributed by atoms with Gasteiger partial charge in [-0.25, -0.2) is 0 Å². The van der Waals surface area contributed by atoms with Gasteiger partial charge in [-0.15, -0.1) is 0 Å². The van der Waals surface area contributed by atoms with Crippen molar-refractivity contribution in [1.82, 2.24) is 4.90 Å². The number of rotatable bonds is 8. The fourth-order valence-corrected chi connectivity index (χ4v) is 3.08. The summed E-state index contributed by atoms with van der Waals surface area (Å²) in [5.74, 6) is -2.08. The molecule has 2 N–H and O–H groups in total. The predicted molar refractivity (Wildman–Crippen MR) is 67.5 cm³/mol. The van der Waals surface area contributed by atoms with E-state index in [4.69, 9.17) is 10.2 Å². The fourth-order valence-electron chi connectivity index (χ4n) is 3.08. The summed E-state index contributed by atoms with van der Waals surface area (Å²) < 4.78 is 0. The van der Waals surface area contributed by atoms with E-state index in [1.165, 1.54) is 0 Å². The lowest BCUT2D eigenvalue weighted by molar-refractivity contribution is -0.156. The Morgan fingerprint density at radius 3 is 2.00 bits per heavy atom. The number of nitrogens with zero attached hydrogens (tertiary/aromatic N) is 1. The minimum atomic E-state index is -1.05. The highest BCUT2D eigenvalue weighted by molar-refractivity contribution is 5.80. The molecule has 0 aromatic rings. The van der Waals surface area contributed by atoms with Crippen LogP contribution in [0.5, 0.6) is 0 Å². The highest BCUT2D eigenvalue weighted by Gasteiger charge is 2.46. The first-order chi connectivity index (χ1) is 8.44. The summed E-state index contributed by atoms with van der Waals surface area (Å²) in [6.45, 7) is 5.70. The monoisotopic (exact) mass is 257 g/mol. The Balaban J connectivity index is 2.60. The third-order valence-corrected chi connectivity index (χ3v) is 3.73. The van der Waals surface area contributed by atoms with E-state index in [9.17, 15) is 9.59 Å². The predicted octanol–water partition coefficient (Wildman–Crippen LogP) is 1.82. The third-order valence-electron chi connectivity index (χ3n) is 3.73. The number of carboxylic acid groups (broad SMARTS) is 2. The third kappa shape index (κ3) is 3.45. The maximum Gasteiger partial charge on any atom is 0.321 e. The van der Waals surface area contributed by atoms with Crippen LogP contribution in [0.4, 0.5) is 0 Å². The molecule has 0 amide bonds. The average Bonchev–Trinajstić information content (AvgIpc) is 2.22. The van der Waals surface area contributed by atoms with Crippen molar-refractivity contribution in [3.05, 3.63) is 0 Å². The van der Waals surface area contributed by atoms with Gasteiger partial charge in [0.25, 0.3) is 0 Å². The number of carbonyl (C=O) groups is 2. The van der Waals surface area contributed by atoms with Crippen LogP contribution in [0, 0.1) is 5.41 Å². The number of aliphatic carboxylic acids is 2. The normalized spacial score (nSPS) is 20.1. The highest BCUT2D eigenvalue weighted by Crippen LogP contribution is 2.40. The molecule has 1 fully saturated rings. The topological polar surface area (TPSA) is 77.8 Å². The smallest absolute Gasteiger partial charge is 0.321 e. The van der Waals surface area contributed by atoms with E-state index in [1.54, 1.807) is 4.90 Å². The standard InChI is InChI=1S/C13H23NO4/c1-3-5-13(6-4-2)8-14(9-13)10(12(17)18)7-11(15)16/h10H,3-9H2,1-2H3,(H,15,16)(H,17,18). The van der Waals surface area contributed by atoms with Crippen LogP contribution in [0.2, 0.25) is 0 Å². The summed E-state index contributed by atoms with van der Waals surface area (Å²) in [5, 5.41) is 17.8. The van der Waals surface area contributed by atoms with Crippen LogP contribution in [-0.2, 0) is 9.59 Å². The van der Waals surface area contributed by atoms with Gasteiger partial charge in [0, 0.05) is 13.1 Å². The van der Waals surface area contributed by atoms with Crippen molar-refractivity contribution in [2.45, 2.75) is 52.0 Å². The number of hydrogen-bond donors (Lipinski definition) is 2. The first-order valence-electron chi connectivity index (χ1n) is 6.63. The zero-order valence-electron chi connectivity index (χ0n) is 11.2. The molecule has 1 atom stereocenters. The second-order valence-corrected chi connectivity index (χ2v) is 5.36. The maximum absolute atomic E-state index is 11.1. The van der Waals surface area contributed by atoms with Crippen molar-refractivity contribution >= 4 is 11.9 Å². The molecule has 5 nitrogen and oxygen atoms in total.